The van der Waals surface area contributed by atoms with Crippen molar-refractivity contribution in [1.29, 1.82) is 0 Å². The Morgan fingerprint density at radius 3 is 2.21 bits per heavy atom. The average molecular weight is 263 g/mol. The van der Waals surface area contributed by atoms with Gasteiger partial charge in [0.15, 0.2) is 0 Å². The van der Waals surface area contributed by atoms with Crippen molar-refractivity contribution in [2.24, 2.45) is 0 Å². The van der Waals surface area contributed by atoms with E-state index in [0.717, 1.165) is 10.5 Å². The molecule has 0 radical (unpaired) electrons. The fraction of sp³-hybridized carbons (Fsp3) is 0.429. The lowest BCUT2D eigenvalue weighted by Gasteiger charge is -2.36. The molecule has 2 amide bonds. The van der Waals surface area contributed by atoms with E-state index in [-0.39, 0.29) is 0 Å². The number of nitrogens with zero attached hydrogens (tertiary/aromatic N) is 1. The second-order valence-corrected chi connectivity index (χ2v) is 4.89. The fourth-order valence-corrected chi connectivity index (χ4v) is 2.36. The first-order valence-corrected chi connectivity index (χ1v) is 6.22. The predicted octanol–water partition coefficient (Wildman–Crippen LogP) is 0.724. The van der Waals surface area contributed by atoms with Gasteiger partial charge in [-0.15, -0.1) is 0 Å². The number of aryl methyl sites for hydroxylation is 1. The number of rotatable bonds is 4. The van der Waals surface area contributed by atoms with Crippen molar-refractivity contribution in [2.75, 3.05) is 13.2 Å². The third kappa shape index (κ3) is 1.86. The molecule has 2 rings (SSSR count). The number of aliphatic hydroxyl groups is 2. The molecule has 0 aliphatic carbocycles. The molecule has 0 bridgehead atoms. The maximum atomic E-state index is 12.4. The highest BCUT2D eigenvalue weighted by atomic mass is 16.3. The van der Waals surface area contributed by atoms with Gasteiger partial charge in [0.1, 0.15) is 0 Å². The fourth-order valence-electron chi connectivity index (χ4n) is 2.36. The van der Waals surface area contributed by atoms with Crippen LogP contribution in [0.1, 0.15) is 39.6 Å². The molecule has 0 saturated carbocycles. The van der Waals surface area contributed by atoms with E-state index in [1.54, 1.807) is 25.1 Å². The Balaban J connectivity index is 2.53. The Kier molecular flexibility index (Phi) is 3.43. The topological polar surface area (TPSA) is 77.8 Å². The Morgan fingerprint density at radius 1 is 1.11 bits per heavy atom. The lowest BCUT2D eigenvalue weighted by atomic mass is 9.96. The van der Waals surface area contributed by atoms with E-state index in [4.69, 9.17) is 0 Å². The zero-order valence-electron chi connectivity index (χ0n) is 11.0. The van der Waals surface area contributed by atoms with E-state index in [1.807, 2.05) is 6.92 Å². The summed E-state index contributed by atoms with van der Waals surface area (Å²) in [5.74, 6) is -0.904. The van der Waals surface area contributed by atoms with Gasteiger partial charge in [-0.25, -0.2) is 0 Å². The van der Waals surface area contributed by atoms with Crippen LogP contribution in [0, 0.1) is 6.92 Å². The highest BCUT2D eigenvalue weighted by Crippen LogP contribution is 2.31. The van der Waals surface area contributed by atoms with Crippen molar-refractivity contribution in [2.45, 2.75) is 25.8 Å². The Hall–Kier alpha value is -1.72. The molecule has 102 valence electrons. The summed E-state index contributed by atoms with van der Waals surface area (Å²) in [7, 11) is 0. The zero-order valence-corrected chi connectivity index (χ0v) is 11.0. The minimum atomic E-state index is -1.24. The van der Waals surface area contributed by atoms with Crippen molar-refractivity contribution < 1.29 is 19.8 Å². The number of fused-ring (bicyclic) bond motifs is 1. The number of imide groups is 1. The molecular weight excluding hydrogens is 246 g/mol. The molecule has 1 aliphatic rings. The molecule has 0 fully saturated rings. The van der Waals surface area contributed by atoms with Crippen LogP contribution in [0.4, 0.5) is 0 Å². The summed E-state index contributed by atoms with van der Waals surface area (Å²) in [6.07, 6.45) is 0.296. The average Bonchev–Trinajstić information content (AvgIpc) is 2.66. The first-order chi connectivity index (χ1) is 9.00. The summed E-state index contributed by atoms with van der Waals surface area (Å²) in [5.41, 5.74) is 0.318. The normalized spacial score (nSPS) is 15.1. The third-order valence-electron chi connectivity index (χ3n) is 3.76. The molecule has 2 N–H and O–H groups in total. The lowest BCUT2D eigenvalue weighted by molar-refractivity contribution is 0.000323. The van der Waals surface area contributed by atoms with Crippen LogP contribution in [0.3, 0.4) is 0 Å². The van der Waals surface area contributed by atoms with Crippen LogP contribution in [0.15, 0.2) is 18.2 Å². The molecule has 0 unspecified atom stereocenters. The van der Waals surface area contributed by atoms with E-state index in [0.29, 0.717) is 17.5 Å². The molecule has 1 aliphatic heterocycles. The Morgan fingerprint density at radius 2 is 1.68 bits per heavy atom. The van der Waals surface area contributed by atoms with Crippen molar-refractivity contribution in [3.8, 4) is 0 Å². The van der Waals surface area contributed by atoms with Gasteiger partial charge in [0.05, 0.1) is 29.9 Å². The summed E-state index contributed by atoms with van der Waals surface area (Å²) >= 11 is 0. The summed E-state index contributed by atoms with van der Waals surface area (Å²) in [4.78, 5) is 25.7. The quantitative estimate of drug-likeness (QED) is 0.785. The molecule has 0 atom stereocenters. The van der Waals surface area contributed by atoms with Crippen molar-refractivity contribution in [3.05, 3.63) is 34.9 Å². The minimum Gasteiger partial charge on any atom is -0.394 e. The molecule has 0 saturated heterocycles. The highest BCUT2D eigenvalue weighted by molar-refractivity contribution is 6.22. The second-order valence-electron chi connectivity index (χ2n) is 4.89. The molecule has 0 spiro atoms. The van der Waals surface area contributed by atoms with Gasteiger partial charge in [-0.3, -0.25) is 14.5 Å². The van der Waals surface area contributed by atoms with Crippen molar-refractivity contribution >= 4 is 11.8 Å². The number of hydrogen-bond acceptors (Lipinski definition) is 4. The largest absolute Gasteiger partial charge is 0.394 e. The van der Waals surface area contributed by atoms with E-state index >= 15 is 0 Å². The number of carbonyl (C=O) groups excluding carboxylic acids is 2. The van der Waals surface area contributed by atoms with E-state index < -0.39 is 30.6 Å². The smallest absolute Gasteiger partial charge is 0.262 e. The van der Waals surface area contributed by atoms with Gasteiger partial charge in [0.2, 0.25) is 0 Å². The minimum absolute atomic E-state index is 0.296. The van der Waals surface area contributed by atoms with Crippen LogP contribution in [0.2, 0.25) is 0 Å². The zero-order chi connectivity index (χ0) is 14.2. The lowest BCUT2D eigenvalue weighted by Crippen LogP contribution is -2.56. The van der Waals surface area contributed by atoms with Gasteiger partial charge in [-0.05, 0) is 25.5 Å². The van der Waals surface area contributed by atoms with E-state index in [1.165, 1.54) is 0 Å². The number of benzene rings is 1. The Labute approximate surface area is 111 Å². The predicted molar refractivity (Wildman–Crippen MR) is 68.9 cm³/mol. The van der Waals surface area contributed by atoms with Gasteiger partial charge in [-0.1, -0.05) is 18.6 Å². The Bertz CT molecular complexity index is 526. The van der Waals surface area contributed by atoms with Crippen molar-refractivity contribution in [3.63, 3.8) is 0 Å². The van der Waals surface area contributed by atoms with Gasteiger partial charge >= 0.3 is 0 Å². The number of carbonyl (C=O) groups is 2. The summed E-state index contributed by atoms with van der Waals surface area (Å²) < 4.78 is 0. The van der Waals surface area contributed by atoms with Crippen LogP contribution in [0.25, 0.3) is 0 Å². The monoisotopic (exact) mass is 263 g/mol. The second kappa shape index (κ2) is 4.75. The van der Waals surface area contributed by atoms with Gasteiger partial charge in [0.25, 0.3) is 11.8 Å². The number of aliphatic hydroxyl groups excluding tert-OH is 2. The molecule has 1 aromatic rings. The van der Waals surface area contributed by atoms with Crippen molar-refractivity contribution in [1.82, 2.24) is 4.90 Å². The summed E-state index contributed by atoms with van der Waals surface area (Å²) in [6.45, 7) is 2.65. The van der Waals surface area contributed by atoms with Gasteiger partial charge in [0, 0.05) is 0 Å². The summed E-state index contributed by atoms with van der Waals surface area (Å²) in [5, 5.41) is 19.0. The number of hydrogen-bond donors (Lipinski definition) is 2. The van der Waals surface area contributed by atoms with Crippen LogP contribution in [-0.2, 0) is 0 Å². The summed E-state index contributed by atoms with van der Waals surface area (Å²) in [6, 6.07) is 5.03. The van der Waals surface area contributed by atoms with Crippen LogP contribution in [0.5, 0.6) is 0 Å². The van der Waals surface area contributed by atoms with E-state index in [2.05, 4.69) is 0 Å². The molecule has 19 heavy (non-hydrogen) atoms. The molecule has 1 heterocycles. The molecule has 5 nitrogen and oxygen atoms in total. The van der Waals surface area contributed by atoms with Crippen LogP contribution < -0.4 is 0 Å². The molecule has 1 aromatic carbocycles. The van der Waals surface area contributed by atoms with Crippen LogP contribution in [-0.4, -0.2) is 45.7 Å². The van der Waals surface area contributed by atoms with Gasteiger partial charge < -0.3 is 10.2 Å². The molecule has 0 aromatic heterocycles. The van der Waals surface area contributed by atoms with Gasteiger partial charge in [-0.2, -0.15) is 0 Å². The maximum absolute atomic E-state index is 12.4. The standard InChI is InChI=1S/C14H17NO4/c1-3-14(7-16,8-17)15-12(18)10-5-4-9(2)6-11(10)13(15)19/h4-6,16-17H,3,7-8H2,1-2H3. The third-order valence-corrected chi connectivity index (χ3v) is 3.76. The van der Waals surface area contributed by atoms with Crippen LogP contribution >= 0.6 is 0 Å². The first-order valence-electron chi connectivity index (χ1n) is 6.22. The maximum Gasteiger partial charge on any atom is 0.262 e. The molecular formula is C14H17NO4. The first kappa shape index (κ1) is 13.7. The molecule has 5 heteroatoms. The number of amides is 2. The van der Waals surface area contributed by atoms with E-state index in [9.17, 15) is 19.8 Å². The highest BCUT2D eigenvalue weighted by Gasteiger charge is 2.47. The SMILES string of the molecule is CCC(CO)(CO)N1C(=O)c2ccc(C)cc2C1=O.